The lowest BCUT2D eigenvalue weighted by atomic mass is 10.0. The number of carbonyl (C=O) groups is 1. The minimum absolute atomic E-state index is 0.0942. The highest BCUT2D eigenvalue weighted by Crippen LogP contribution is 2.30. The summed E-state index contributed by atoms with van der Waals surface area (Å²) in [5.41, 5.74) is 2.85. The summed E-state index contributed by atoms with van der Waals surface area (Å²) in [7, 11) is 1.61. The molecule has 43 heavy (non-hydrogen) atoms. The predicted molar refractivity (Wildman–Crippen MR) is 172 cm³/mol. The molecule has 1 atom stereocenters. The van der Waals surface area contributed by atoms with E-state index in [0.29, 0.717) is 53.1 Å². The van der Waals surface area contributed by atoms with Crippen molar-refractivity contribution in [2.75, 3.05) is 13.7 Å². The minimum atomic E-state index is -0.477. The SMILES string of the molecule is CCC(c1nc2ccccc2c(=O)n1-c1ccc(OC)cc1)N(CCc1ccccc1)C(=O)c1cccc2ccccc12. The van der Waals surface area contributed by atoms with Crippen molar-refractivity contribution >= 4 is 27.6 Å². The number of aromatic nitrogens is 2. The Morgan fingerprint density at radius 2 is 1.49 bits per heavy atom. The maximum Gasteiger partial charge on any atom is 0.266 e. The number of amides is 1. The van der Waals surface area contributed by atoms with Crippen molar-refractivity contribution in [1.82, 2.24) is 14.5 Å². The van der Waals surface area contributed by atoms with Gasteiger partial charge in [-0.15, -0.1) is 0 Å². The van der Waals surface area contributed by atoms with Gasteiger partial charge >= 0.3 is 0 Å². The van der Waals surface area contributed by atoms with E-state index in [4.69, 9.17) is 9.72 Å². The van der Waals surface area contributed by atoms with Crippen molar-refractivity contribution in [3.05, 3.63) is 149 Å². The van der Waals surface area contributed by atoms with E-state index in [1.54, 1.807) is 17.7 Å². The van der Waals surface area contributed by atoms with Crippen molar-refractivity contribution in [2.45, 2.75) is 25.8 Å². The summed E-state index contributed by atoms with van der Waals surface area (Å²) in [6, 6.07) is 38.2. The summed E-state index contributed by atoms with van der Waals surface area (Å²) >= 11 is 0. The van der Waals surface area contributed by atoms with Crippen LogP contribution in [0.25, 0.3) is 27.4 Å². The molecule has 0 aliphatic rings. The average Bonchev–Trinajstić information content (AvgIpc) is 3.06. The molecule has 1 heterocycles. The number of rotatable bonds is 9. The Labute approximate surface area is 250 Å². The molecule has 6 heteroatoms. The first-order chi connectivity index (χ1) is 21.1. The van der Waals surface area contributed by atoms with Crippen molar-refractivity contribution in [3.8, 4) is 11.4 Å². The lowest BCUT2D eigenvalue weighted by Crippen LogP contribution is -2.39. The van der Waals surface area contributed by atoms with Gasteiger partial charge in [-0.1, -0.05) is 85.8 Å². The molecule has 6 aromatic rings. The number of nitrogens with zero attached hydrogens (tertiary/aromatic N) is 3. The molecule has 0 radical (unpaired) electrons. The molecular weight excluding hydrogens is 534 g/mol. The summed E-state index contributed by atoms with van der Waals surface area (Å²) in [6.07, 6.45) is 1.22. The van der Waals surface area contributed by atoms with Crippen molar-refractivity contribution in [3.63, 3.8) is 0 Å². The van der Waals surface area contributed by atoms with Gasteiger partial charge in [0.1, 0.15) is 11.6 Å². The number of hydrogen-bond donors (Lipinski definition) is 0. The molecular formula is C37H33N3O3. The van der Waals surface area contributed by atoms with Gasteiger partial charge in [0.2, 0.25) is 0 Å². The monoisotopic (exact) mass is 567 g/mol. The Morgan fingerprint density at radius 1 is 0.814 bits per heavy atom. The molecule has 0 saturated carbocycles. The standard InChI is InChI=1S/C37H33N3O3/c1-3-34(35-38-33-19-10-9-17-32(33)37(42)40(35)28-20-22-29(43-2)23-21-28)39(25-24-26-12-5-4-6-13-26)36(41)31-18-11-15-27-14-7-8-16-30(27)31/h4-23,34H,3,24-25H2,1-2H3. The first kappa shape index (κ1) is 27.9. The number of hydrogen-bond acceptors (Lipinski definition) is 4. The second kappa shape index (κ2) is 12.3. The molecule has 0 spiro atoms. The van der Waals surface area contributed by atoms with E-state index in [1.165, 1.54) is 0 Å². The smallest absolute Gasteiger partial charge is 0.266 e. The van der Waals surface area contributed by atoms with E-state index in [0.717, 1.165) is 16.3 Å². The van der Waals surface area contributed by atoms with Crippen LogP contribution in [0, 0.1) is 0 Å². The van der Waals surface area contributed by atoms with E-state index < -0.39 is 6.04 Å². The zero-order chi connectivity index (χ0) is 29.8. The van der Waals surface area contributed by atoms with Crippen LogP contribution < -0.4 is 10.3 Å². The molecule has 0 aliphatic carbocycles. The Morgan fingerprint density at radius 3 is 2.23 bits per heavy atom. The largest absolute Gasteiger partial charge is 0.497 e. The highest BCUT2D eigenvalue weighted by atomic mass is 16.5. The van der Waals surface area contributed by atoms with Crippen molar-refractivity contribution in [2.24, 2.45) is 0 Å². The first-order valence-electron chi connectivity index (χ1n) is 14.6. The van der Waals surface area contributed by atoms with Crippen LogP contribution in [0.5, 0.6) is 5.75 Å². The molecule has 6 nitrogen and oxygen atoms in total. The third-order valence-corrected chi connectivity index (χ3v) is 7.96. The maximum absolute atomic E-state index is 14.6. The van der Waals surface area contributed by atoms with E-state index in [-0.39, 0.29) is 11.5 Å². The summed E-state index contributed by atoms with van der Waals surface area (Å²) in [5, 5.41) is 2.42. The fourth-order valence-electron chi connectivity index (χ4n) is 5.76. The molecule has 0 N–H and O–H groups in total. The fourth-order valence-corrected chi connectivity index (χ4v) is 5.76. The molecule has 0 aliphatic heterocycles. The van der Waals surface area contributed by atoms with E-state index in [9.17, 15) is 9.59 Å². The number of fused-ring (bicyclic) bond motifs is 2. The highest BCUT2D eigenvalue weighted by Gasteiger charge is 2.30. The lowest BCUT2D eigenvalue weighted by Gasteiger charge is -2.33. The zero-order valence-electron chi connectivity index (χ0n) is 24.3. The molecule has 0 fully saturated rings. The lowest BCUT2D eigenvalue weighted by molar-refractivity contribution is 0.0664. The topological polar surface area (TPSA) is 64.4 Å². The summed E-state index contributed by atoms with van der Waals surface area (Å²) in [4.78, 5) is 35.7. The van der Waals surface area contributed by atoms with Crippen LogP contribution in [0.4, 0.5) is 0 Å². The van der Waals surface area contributed by atoms with E-state index in [1.807, 2.05) is 115 Å². The second-order valence-electron chi connectivity index (χ2n) is 10.5. The molecule has 1 amide bonds. The van der Waals surface area contributed by atoms with Gasteiger partial charge in [0.05, 0.1) is 29.7 Å². The minimum Gasteiger partial charge on any atom is -0.497 e. The molecule has 0 saturated heterocycles. The number of carbonyl (C=O) groups excluding carboxylic acids is 1. The third kappa shape index (κ3) is 5.52. The summed E-state index contributed by atoms with van der Waals surface area (Å²) in [6.45, 7) is 2.49. The van der Waals surface area contributed by atoms with Gasteiger partial charge in [0, 0.05) is 12.1 Å². The van der Waals surface area contributed by atoms with Crippen LogP contribution in [0.3, 0.4) is 0 Å². The van der Waals surface area contributed by atoms with Gasteiger partial charge in [-0.25, -0.2) is 4.98 Å². The molecule has 1 aromatic heterocycles. The molecule has 0 bridgehead atoms. The Hall–Kier alpha value is -5.23. The summed E-state index contributed by atoms with van der Waals surface area (Å²) in [5.74, 6) is 1.12. The van der Waals surface area contributed by atoms with Crippen LogP contribution in [0.15, 0.2) is 126 Å². The fraction of sp³-hybridized carbons (Fsp3) is 0.162. The molecule has 5 aromatic carbocycles. The first-order valence-corrected chi connectivity index (χ1v) is 14.6. The van der Waals surface area contributed by atoms with Crippen LogP contribution in [0.1, 0.15) is 41.1 Å². The Balaban J connectivity index is 1.54. The van der Waals surface area contributed by atoms with Crippen LogP contribution in [0.2, 0.25) is 0 Å². The molecule has 1 unspecified atom stereocenters. The normalized spacial score (nSPS) is 11.9. The van der Waals surface area contributed by atoms with Gasteiger partial charge in [0.25, 0.3) is 11.5 Å². The number of ether oxygens (including phenoxy) is 1. The zero-order valence-corrected chi connectivity index (χ0v) is 24.3. The van der Waals surface area contributed by atoms with Gasteiger partial charge in [-0.3, -0.25) is 14.2 Å². The molecule has 6 rings (SSSR count). The van der Waals surface area contributed by atoms with Crippen molar-refractivity contribution in [1.29, 1.82) is 0 Å². The average molecular weight is 568 g/mol. The van der Waals surface area contributed by atoms with Crippen molar-refractivity contribution < 1.29 is 9.53 Å². The summed E-state index contributed by atoms with van der Waals surface area (Å²) < 4.78 is 7.03. The van der Waals surface area contributed by atoms with Gasteiger partial charge in [-0.2, -0.15) is 0 Å². The number of para-hydroxylation sites is 1. The number of benzene rings is 5. The second-order valence-corrected chi connectivity index (χ2v) is 10.5. The van der Waals surface area contributed by atoms with Gasteiger partial charge in [-0.05, 0) is 71.6 Å². The van der Waals surface area contributed by atoms with Crippen LogP contribution in [-0.4, -0.2) is 34.0 Å². The Bertz CT molecular complexity index is 1940. The van der Waals surface area contributed by atoms with Gasteiger partial charge in [0.15, 0.2) is 0 Å². The van der Waals surface area contributed by atoms with Crippen LogP contribution >= 0.6 is 0 Å². The quantitative estimate of drug-likeness (QED) is 0.183. The van der Waals surface area contributed by atoms with E-state index >= 15 is 0 Å². The number of methoxy groups -OCH3 is 1. The Kier molecular flexibility index (Phi) is 8.01. The third-order valence-electron chi connectivity index (χ3n) is 7.96. The predicted octanol–water partition coefficient (Wildman–Crippen LogP) is 7.38. The molecule has 214 valence electrons. The van der Waals surface area contributed by atoms with Gasteiger partial charge < -0.3 is 9.64 Å². The van der Waals surface area contributed by atoms with Crippen LogP contribution in [-0.2, 0) is 6.42 Å². The maximum atomic E-state index is 14.6. The highest BCUT2D eigenvalue weighted by molar-refractivity contribution is 6.07. The van der Waals surface area contributed by atoms with E-state index in [2.05, 4.69) is 12.1 Å².